The van der Waals surface area contributed by atoms with Crippen molar-refractivity contribution in [2.75, 3.05) is 6.61 Å². The van der Waals surface area contributed by atoms with Gasteiger partial charge in [-0.3, -0.25) is 0 Å². The number of rotatable bonds is 7. The van der Waals surface area contributed by atoms with Crippen molar-refractivity contribution in [3.63, 3.8) is 0 Å². The van der Waals surface area contributed by atoms with Gasteiger partial charge in [0, 0.05) is 0 Å². The van der Waals surface area contributed by atoms with Crippen molar-refractivity contribution in [3.05, 3.63) is 42.0 Å². The monoisotopic (exact) mass is 260 g/mol. The molecule has 106 valence electrons. The van der Waals surface area contributed by atoms with E-state index < -0.39 is 0 Å². The van der Waals surface area contributed by atoms with E-state index in [4.69, 9.17) is 4.74 Å². The molecule has 1 atom stereocenters. The average molecular weight is 260 g/mol. The topological polar surface area (TPSA) is 9.23 Å². The molecular formula is C18H28O. The number of hydrogen-bond donors (Lipinski definition) is 0. The molecule has 1 heteroatoms. The second kappa shape index (κ2) is 7.37. The Bertz CT molecular complexity index is 404. The first-order valence-electron chi connectivity index (χ1n) is 7.32. The summed E-state index contributed by atoms with van der Waals surface area (Å²) < 4.78 is 5.93. The van der Waals surface area contributed by atoms with Gasteiger partial charge in [0.25, 0.3) is 0 Å². The quantitative estimate of drug-likeness (QED) is 0.611. The molecule has 0 saturated carbocycles. The lowest BCUT2D eigenvalue weighted by atomic mass is 9.95. The molecule has 0 bridgehead atoms. The van der Waals surface area contributed by atoms with Crippen molar-refractivity contribution < 1.29 is 4.74 Å². The van der Waals surface area contributed by atoms with Crippen LogP contribution in [-0.2, 0) is 6.42 Å². The number of hydrogen-bond acceptors (Lipinski definition) is 1. The van der Waals surface area contributed by atoms with Gasteiger partial charge in [-0.2, -0.15) is 0 Å². The third-order valence-electron chi connectivity index (χ3n) is 3.23. The van der Waals surface area contributed by atoms with E-state index in [-0.39, 0.29) is 0 Å². The minimum Gasteiger partial charge on any atom is -0.493 e. The summed E-state index contributed by atoms with van der Waals surface area (Å²) in [6, 6.07) is 6.60. The van der Waals surface area contributed by atoms with Crippen molar-refractivity contribution in [2.24, 2.45) is 11.8 Å². The van der Waals surface area contributed by atoms with Gasteiger partial charge < -0.3 is 4.74 Å². The molecule has 1 aromatic carbocycles. The van der Waals surface area contributed by atoms with Crippen LogP contribution in [0.4, 0.5) is 0 Å². The van der Waals surface area contributed by atoms with Gasteiger partial charge in [-0.1, -0.05) is 52.8 Å². The third kappa shape index (κ3) is 5.10. The van der Waals surface area contributed by atoms with Crippen LogP contribution in [0.2, 0.25) is 0 Å². The maximum Gasteiger partial charge on any atom is 0.122 e. The maximum absolute atomic E-state index is 5.93. The average Bonchev–Trinajstić information content (AvgIpc) is 2.36. The van der Waals surface area contributed by atoms with Crippen LogP contribution < -0.4 is 4.74 Å². The summed E-state index contributed by atoms with van der Waals surface area (Å²) in [4.78, 5) is 0. The van der Waals surface area contributed by atoms with Crippen molar-refractivity contribution in [3.8, 4) is 5.75 Å². The summed E-state index contributed by atoms with van der Waals surface area (Å²) in [5.41, 5.74) is 2.68. The van der Waals surface area contributed by atoms with E-state index >= 15 is 0 Å². The predicted octanol–water partition coefficient (Wildman–Crippen LogP) is 5.21. The van der Waals surface area contributed by atoms with Gasteiger partial charge in [0.05, 0.1) is 6.61 Å². The second-order valence-corrected chi connectivity index (χ2v) is 6.15. The fourth-order valence-corrected chi connectivity index (χ4v) is 2.02. The zero-order valence-corrected chi connectivity index (χ0v) is 13.1. The highest BCUT2D eigenvalue weighted by atomic mass is 16.5. The molecule has 1 aromatic rings. The van der Waals surface area contributed by atoms with E-state index in [1.165, 1.54) is 11.1 Å². The lowest BCUT2D eigenvalue weighted by molar-refractivity contribution is 0.267. The fourth-order valence-electron chi connectivity index (χ4n) is 2.02. The maximum atomic E-state index is 5.93. The highest BCUT2D eigenvalue weighted by molar-refractivity contribution is 5.39. The second-order valence-electron chi connectivity index (χ2n) is 6.15. The van der Waals surface area contributed by atoms with Gasteiger partial charge >= 0.3 is 0 Å². The molecular weight excluding hydrogens is 232 g/mol. The van der Waals surface area contributed by atoms with Crippen LogP contribution in [0.25, 0.3) is 0 Å². The molecule has 0 aliphatic carbocycles. The van der Waals surface area contributed by atoms with Gasteiger partial charge in [0.1, 0.15) is 5.75 Å². The number of allylic oxidation sites excluding steroid dienone is 1. The van der Waals surface area contributed by atoms with Crippen molar-refractivity contribution in [2.45, 2.75) is 47.0 Å². The molecule has 0 amide bonds. The molecule has 0 fully saturated rings. The number of ether oxygens (including phenoxy) is 1. The molecule has 0 aliphatic heterocycles. The summed E-state index contributed by atoms with van der Waals surface area (Å²) in [6.45, 7) is 15.6. The van der Waals surface area contributed by atoms with E-state index in [0.29, 0.717) is 17.8 Å². The largest absolute Gasteiger partial charge is 0.493 e. The summed E-state index contributed by atoms with van der Waals surface area (Å²) in [5.74, 6) is 2.60. The molecule has 0 aromatic heterocycles. The van der Waals surface area contributed by atoms with Gasteiger partial charge in [-0.25, -0.2) is 0 Å². The fraction of sp³-hybridized carbons (Fsp3) is 0.556. The molecule has 0 radical (unpaired) electrons. The SMILES string of the molecule is C=CC(C)Cc1ccc(OCC(C)C)c(C(C)C)c1. The van der Waals surface area contributed by atoms with E-state index in [9.17, 15) is 0 Å². The van der Waals surface area contributed by atoms with Crippen LogP contribution >= 0.6 is 0 Å². The molecule has 1 nitrogen and oxygen atoms in total. The molecule has 0 spiro atoms. The Hall–Kier alpha value is -1.24. The Kier molecular flexibility index (Phi) is 6.14. The van der Waals surface area contributed by atoms with Gasteiger partial charge in [0.15, 0.2) is 0 Å². The van der Waals surface area contributed by atoms with E-state index in [2.05, 4.69) is 59.4 Å². The first kappa shape index (κ1) is 15.8. The van der Waals surface area contributed by atoms with Crippen LogP contribution in [0.3, 0.4) is 0 Å². The molecule has 0 aliphatic rings. The summed E-state index contributed by atoms with van der Waals surface area (Å²) in [6.07, 6.45) is 3.06. The van der Waals surface area contributed by atoms with Crippen LogP contribution in [-0.4, -0.2) is 6.61 Å². The Morgan fingerprint density at radius 2 is 1.84 bits per heavy atom. The molecule has 0 heterocycles. The third-order valence-corrected chi connectivity index (χ3v) is 3.23. The van der Waals surface area contributed by atoms with Crippen LogP contribution in [0.1, 0.15) is 51.7 Å². The molecule has 1 unspecified atom stereocenters. The Morgan fingerprint density at radius 3 is 2.37 bits per heavy atom. The smallest absolute Gasteiger partial charge is 0.122 e. The summed E-state index contributed by atoms with van der Waals surface area (Å²) in [5, 5.41) is 0. The standard InChI is InChI=1S/C18H28O/c1-7-15(6)10-16-8-9-18(19-12-13(2)3)17(11-16)14(4)5/h7-9,11,13-15H,1,10,12H2,2-6H3. The first-order chi connectivity index (χ1) is 8.93. The highest BCUT2D eigenvalue weighted by Gasteiger charge is 2.10. The van der Waals surface area contributed by atoms with Gasteiger partial charge in [0.2, 0.25) is 0 Å². The van der Waals surface area contributed by atoms with Gasteiger partial charge in [-0.15, -0.1) is 6.58 Å². The highest BCUT2D eigenvalue weighted by Crippen LogP contribution is 2.29. The minimum absolute atomic E-state index is 0.487. The lowest BCUT2D eigenvalue weighted by Gasteiger charge is -2.17. The van der Waals surface area contributed by atoms with E-state index in [1.807, 2.05) is 6.08 Å². The molecule has 1 rings (SSSR count). The lowest BCUT2D eigenvalue weighted by Crippen LogP contribution is -2.07. The molecule has 19 heavy (non-hydrogen) atoms. The van der Waals surface area contributed by atoms with E-state index in [1.54, 1.807) is 0 Å². The minimum atomic E-state index is 0.487. The van der Waals surface area contributed by atoms with Crippen LogP contribution in [0, 0.1) is 11.8 Å². The van der Waals surface area contributed by atoms with Crippen LogP contribution in [0.15, 0.2) is 30.9 Å². The first-order valence-corrected chi connectivity index (χ1v) is 7.32. The Balaban J connectivity index is 2.91. The van der Waals surface area contributed by atoms with Crippen molar-refractivity contribution >= 4 is 0 Å². The van der Waals surface area contributed by atoms with E-state index in [0.717, 1.165) is 18.8 Å². The van der Waals surface area contributed by atoms with Crippen LogP contribution in [0.5, 0.6) is 5.75 Å². The Labute approximate surface area is 118 Å². The van der Waals surface area contributed by atoms with Gasteiger partial charge in [-0.05, 0) is 41.4 Å². The zero-order chi connectivity index (χ0) is 14.4. The summed E-state index contributed by atoms with van der Waals surface area (Å²) >= 11 is 0. The zero-order valence-electron chi connectivity index (χ0n) is 13.1. The van der Waals surface area contributed by atoms with Crippen molar-refractivity contribution in [1.82, 2.24) is 0 Å². The Morgan fingerprint density at radius 1 is 1.16 bits per heavy atom. The summed E-state index contributed by atoms with van der Waals surface area (Å²) in [7, 11) is 0. The van der Waals surface area contributed by atoms with Crippen molar-refractivity contribution in [1.29, 1.82) is 0 Å². The normalized spacial score (nSPS) is 12.8. The number of benzene rings is 1. The molecule has 0 saturated heterocycles. The molecule has 0 N–H and O–H groups in total. The predicted molar refractivity (Wildman–Crippen MR) is 83.9 cm³/mol.